The average Bonchev–Trinajstić information content (AvgIpc) is 2.22. The summed E-state index contributed by atoms with van der Waals surface area (Å²) in [6.07, 6.45) is 15.3. The van der Waals surface area contributed by atoms with Crippen molar-refractivity contribution < 1.29 is 0 Å². The summed E-state index contributed by atoms with van der Waals surface area (Å²) in [5.41, 5.74) is 0.689. The van der Waals surface area contributed by atoms with Crippen LogP contribution in [0.2, 0.25) is 0 Å². The van der Waals surface area contributed by atoms with Gasteiger partial charge in [0.05, 0.1) is 6.07 Å². The Morgan fingerprint density at radius 2 is 1.62 bits per heavy atom. The van der Waals surface area contributed by atoms with E-state index in [-0.39, 0.29) is 0 Å². The predicted octanol–water partition coefficient (Wildman–Crippen LogP) is 4.06. The van der Waals surface area contributed by atoms with Gasteiger partial charge in [0.25, 0.3) is 0 Å². The molecule has 4 fully saturated rings. The molecule has 0 aliphatic heterocycles. The molecular weight excluding hydrogens is 194 g/mol. The summed E-state index contributed by atoms with van der Waals surface area (Å²) < 4.78 is 0. The van der Waals surface area contributed by atoms with Crippen LogP contribution >= 0.6 is 0 Å². The lowest BCUT2D eigenvalue weighted by Gasteiger charge is -2.57. The molecule has 4 rings (SSSR count). The van der Waals surface area contributed by atoms with Gasteiger partial charge < -0.3 is 0 Å². The molecule has 1 nitrogen and oxygen atoms in total. The van der Waals surface area contributed by atoms with E-state index in [0.717, 1.165) is 24.2 Å². The second-order valence-corrected chi connectivity index (χ2v) is 6.49. The highest BCUT2D eigenvalue weighted by Gasteiger charge is 2.50. The normalized spacial score (nSPS) is 45.1. The highest BCUT2D eigenvalue weighted by Crippen LogP contribution is 2.61. The maximum Gasteiger partial charge on any atom is 0.0908 e. The molecule has 0 atom stereocenters. The Kier molecular flexibility index (Phi) is 2.54. The second kappa shape index (κ2) is 3.91. The molecule has 0 unspecified atom stereocenters. The van der Waals surface area contributed by atoms with Crippen molar-refractivity contribution in [3.05, 3.63) is 12.2 Å². The fraction of sp³-hybridized carbons (Fsp3) is 0.800. The van der Waals surface area contributed by atoms with Gasteiger partial charge in [0.15, 0.2) is 0 Å². The van der Waals surface area contributed by atoms with Crippen molar-refractivity contribution in [3.8, 4) is 6.07 Å². The zero-order valence-corrected chi connectivity index (χ0v) is 9.99. The van der Waals surface area contributed by atoms with Crippen LogP contribution in [0.25, 0.3) is 0 Å². The molecule has 0 spiro atoms. The summed E-state index contributed by atoms with van der Waals surface area (Å²) in [4.78, 5) is 0. The van der Waals surface area contributed by atoms with Crippen LogP contribution in [0, 0.1) is 34.5 Å². The molecule has 0 amide bonds. The summed E-state index contributed by atoms with van der Waals surface area (Å²) in [5.74, 6) is 3.18. The van der Waals surface area contributed by atoms with Crippen LogP contribution < -0.4 is 0 Å². The molecule has 0 aromatic rings. The van der Waals surface area contributed by atoms with Crippen LogP contribution in [-0.2, 0) is 0 Å². The summed E-state index contributed by atoms with van der Waals surface area (Å²) in [5, 5.41) is 8.49. The van der Waals surface area contributed by atoms with E-state index >= 15 is 0 Å². The van der Waals surface area contributed by atoms with Gasteiger partial charge in [-0.1, -0.05) is 6.08 Å². The van der Waals surface area contributed by atoms with Gasteiger partial charge in [0.1, 0.15) is 0 Å². The van der Waals surface area contributed by atoms with Crippen molar-refractivity contribution in [1.82, 2.24) is 0 Å². The van der Waals surface area contributed by atoms with Crippen LogP contribution in [0.3, 0.4) is 0 Å². The maximum atomic E-state index is 8.49. The van der Waals surface area contributed by atoms with E-state index in [2.05, 4.69) is 12.1 Å². The van der Waals surface area contributed by atoms with Gasteiger partial charge in [-0.15, -0.1) is 0 Å². The maximum absolute atomic E-state index is 8.49. The fourth-order valence-corrected chi connectivity index (χ4v) is 5.12. The Hall–Kier alpha value is -0.770. The molecule has 0 heterocycles. The summed E-state index contributed by atoms with van der Waals surface area (Å²) >= 11 is 0. The van der Waals surface area contributed by atoms with Gasteiger partial charge in [0, 0.05) is 6.08 Å². The molecule has 0 aromatic heterocycles. The third-order valence-electron chi connectivity index (χ3n) is 5.20. The van der Waals surface area contributed by atoms with E-state index in [4.69, 9.17) is 5.26 Å². The Balaban J connectivity index is 1.65. The van der Waals surface area contributed by atoms with Crippen molar-refractivity contribution in [3.63, 3.8) is 0 Å². The van der Waals surface area contributed by atoms with Crippen molar-refractivity contribution in [2.75, 3.05) is 0 Å². The molecule has 86 valence electrons. The molecule has 4 bridgehead atoms. The lowest BCUT2D eigenvalue weighted by molar-refractivity contribution is -0.0566. The van der Waals surface area contributed by atoms with Crippen molar-refractivity contribution in [2.45, 2.75) is 51.4 Å². The Morgan fingerprint density at radius 3 is 2.12 bits per heavy atom. The molecule has 0 saturated heterocycles. The summed E-state index contributed by atoms with van der Waals surface area (Å²) in [6.45, 7) is 0. The first-order valence-corrected chi connectivity index (χ1v) is 6.84. The highest BCUT2D eigenvalue weighted by molar-refractivity contribution is 5.05. The lowest BCUT2D eigenvalue weighted by Crippen LogP contribution is -2.45. The highest BCUT2D eigenvalue weighted by atomic mass is 14.5. The minimum Gasteiger partial charge on any atom is -0.193 e. The molecule has 0 N–H and O–H groups in total. The largest absolute Gasteiger partial charge is 0.193 e. The number of allylic oxidation sites excluding steroid dienone is 2. The van der Waals surface area contributed by atoms with Crippen LogP contribution in [-0.4, -0.2) is 0 Å². The summed E-state index contributed by atoms with van der Waals surface area (Å²) in [6, 6.07) is 2.10. The molecular formula is C15H21N. The number of nitriles is 1. The number of nitrogens with zero attached hydrogens (tertiary/aromatic N) is 1. The third kappa shape index (κ3) is 1.79. The van der Waals surface area contributed by atoms with E-state index in [1.165, 1.54) is 44.9 Å². The topological polar surface area (TPSA) is 23.8 Å². The minimum atomic E-state index is 0.689. The number of rotatable bonds is 3. The average molecular weight is 215 g/mol. The Bertz CT molecular complexity index is 299. The van der Waals surface area contributed by atoms with Crippen molar-refractivity contribution in [2.24, 2.45) is 23.2 Å². The van der Waals surface area contributed by atoms with Crippen LogP contribution in [0.4, 0.5) is 0 Å². The zero-order chi connectivity index (χ0) is 11.0. The first kappa shape index (κ1) is 10.4. The first-order valence-electron chi connectivity index (χ1n) is 6.84. The minimum absolute atomic E-state index is 0.689. The van der Waals surface area contributed by atoms with Gasteiger partial charge in [-0.05, 0) is 74.5 Å². The molecule has 16 heavy (non-hydrogen) atoms. The van der Waals surface area contributed by atoms with E-state index in [9.17, 15) is 0 Å². The molecule has 0 aromatic carbocycles. The van der Waals surface area contributed by atoms with Crippen molar-refractivity contribution >= 4 is 0 Å². The van der Waals surface area contributed by atoms with Gasteiger partial charge in [0.2, 0.25) is 0 Å². The SMILES string of the molecule is N#C/C=C/CCC12CC3CC(CC(C3)C1)C2. The number of hydrogen-bond donors (Lipinski definition) is 0. The molecule has 0 radical (unpaired) electrons. The van der Waals surface area contributed by atoms with Crippen LogP contribution in [0.15, 0.2) is 12.2 Å². The van der Waals surface area contributed by atoms with E-state index in [0.29, 0.717) is 5.41 Å². The molecule has 1 heteroatoms. The monoisotopic (exact) mass is 215 g/mol. The standard InChI is InChI=1S/C15H21N/c16-5-3-1-2-4-15-9-12-6-13(10-15)8-14(7-12)11-15/h1,3,12-14H,2,4,6-11H2/b3-1+. The molecule has 4 aliphatic carbocycles. The van der Waals surface area contributed by atoms with Gasteiger partial charge in [-0.25, -0.2) is 0 Å². The third-order valence-corrected chi connectivity index (χ3v) is 5.20. The van der Waals surface area contributed by atoms with Crippen molar-refractivity contribution in [1.29, 1.82) is 5.26 Å². The van der Waals surface area contributed by atoms with E-state index < -0.39 is 0 Å². The summed E-state index contributed by atoms with van der Waals surface area (Å²) in [7, 11) is 0. The lowest BCUT2D eigenvalue weighted by atomic mass is 9.48. The van der Waals surface area contributed by atoms with Crippen LogP contribution in [0.5, 0.6) is 0 Å². The first-order chi connectivity index (χ1) is 7.80. The smallest absolute Gasteiger partial charge is 0.0908 e. The van der Waals surface area contributed by atoms with Gasteiger partial charge >= 0.3 is 0 Å². The van der Waals surface area contributed by atoms with Gasteiger partial charge in [-0.3, -0.25) is 0 Å². The van der Waals surface area contributed by atoms with E-state index in [1.807, 2.05) is 0 Å². The molecule has 4 saturated carbocycles. The predicted molar refractivity (Wildman–Crippen MR) is 64.6 cm³/mol. The zero-order valence-electron chi connectivity index (χ0n) is 9.99. The van der Waals surface area contributed by atoms with E-state index in [1.54, 1.807) is 6.08 Å². The number of hydrogen-bond acceptors (Lipinski definition) is 1. The molecule has 4 aliphatic rings. The Labute approximate surface area is 98.5 Å². The Morgan fingerprint density at radius 1 is 1.06 bits per heavy atom. The quantitative estimate of drug-likeness (QED) is 0.651. The second-order valence-electron chi connectivity index (χ2n) is 6.49. The fourth-order valence-electron chi connectivity index (χ4n) is 5.12. The van der Waals surface area contributed by atoms with Gasteiger partial charge in [-0.2, -0.15) is 5.26 Å². The van der Waals surface area contributed by atoms with Crippen LogP contribution in [0.1, 0.15) is 51.4 Å².